The molecule has 1 aromatic rings. The normalized spacial score (nSPS) is 10.3. The SMILES string of the molecule is COC(=O)C=Cc1ccc(C[N+](=O)[O-])cc1. The van der Waals surface area contributed by atoms with E-state index in [1.54, 1.807) is 30.3 Å². The number of hydrogen-bond donors (Lipinski definition) is 0. The molecule has 0 aliphatic carbocycles. The third-order valence-corrected chi connectivity index (χ3v) is 1.90. The van der Waals surface area contributed by atoms with Gasteiger partial charge in [-0.05, 0) is 11.6 Å². The molecule has 0 fully saturated rings. The van der Waals surface area contributed by atoms with Gasteiger partial charge in [0.05, 0.1) is 7.11 Å². The van der Waals surface area contributed by atoms with Crippen LogP contribution in [0.2, 0.25) is 0 Å². The van der Waals surface area contributed by atoms with E-state index < -0.39 is 5.97 Å². The van der Waals surface area contributed by atoms with Crippen molar-refractivity contribution in [3.05, 3.63) is 51.6 Å². The summed E-state index contributed by atoms with van der Waals surface area (Å²) in [5.74, 6) is -0.436. The van der Waals surface area contributed by atoms with Crippen LogP contribution in [-0.4, -0.2) is 18.0 Å². The minimum absolute atomic E-state index is 0.193. The Kier molecular flexibility index (Phi) is 4.20. The Bertz CT molecular complexity index is 408. The van der Waals surface area contributed by atoms with Crippen LogP contribution in [0.4, 0.5) is 0 Å². The summed E-state index contributed by atoms with van der Waals surface area (Å²) in [6.07, 6.45) is 2.88. The predicted molar refractivity (Wildman–Crippen MR) is 58.2 cm³/mol. The topological polar surface area (TPSA) is 69.4 Å². The van der Waals surface area contributed by atoms with Gasteiger partial charge in [0.25, 0.3) is 0 Å². The number of rotatable bonds is 4. The molecule has 0 amide bonds. The lowest BCUT2D eigenvalue weighted by Gasteiger charge is -1.96. The van der Waals surface area contributed by atoms with Crippen molar-refractivity contribution in [1.82, 2.24) is 0 Å². The molecule has 0 radical (unpaired) electrons. The second-order valence-electron chi connectivity index (χ2n) is 3.09. The molecule has 0 aliphatic rings. The molecule has 84 valence electrons. The summed E-state index contributed by atoms with van der Waals surface area (Å²) >= 11 is 0. The quantitative estimate of drug-likeness (QED) is 0.335. The van der Waals surface area contributed by atoms with Gasteiger partial charge in [-0.25, -0.2) is 4.79 Å². The van der Waals surface area contributed by atoms with Gasteiger partial charge in [0.15, 0.2) is 0 Å². The second kappa shape index (κ2) is 5.65. The molecular weight excluding hydrogens is 210 g/mol. The summed E-state index contributed by atoms with van der Waals surface area (Å²) < 4.78 is 4.43. The van der Waals surface area contributed by atoms with Gasteiger partial charge in [-0.1, -0.05) is 24.3 Å². The number of methoxy groups -OCH3 is 1. The molecule has 0 unspecified atom stereocenters. The van der Waals surface area contributed by atoms with Crippen molar-refractivity contribution < 1.29 is 14.5 Å². The van der Waals surface area contributed by atoms with Crippen LogP contribution in [0.15, 0.2) is 30.3 Å². The molecule has 1 rings (SSSR count). The third kappa shape index (κ3) is 3.91. The molecule has 5 nitrogen and oxygen atoms in total. The molecule has 0 bridgehead atoms. The molecule has 0 spiro atoms. The number of benzene rings is 1. The van der Waals surface area contributed by atoms with E-state index in [4.69, 9.17) is 0 Å². The van der Waals surface area contributed by atoms with E-state index in [1.807, 2.05) is 0 Å². The Morgan fingerprint density at radius 1 is 1.44 bits per heavy atom. The lowest BCUT2D eigenvalue weighted by molar-refractivity contribution is -0.496. The molecule has 0 N–H and O–H groups in total. The molecule has 0 saturated carbocycles. The molecule has 0 atom stereocenters. The molecule has 5 heteroatoms. The standard InChI is InChI=1S/C11H11NO4/c1-16-11(13)7-6-9-2-4-10(5-3-9)8-12(14)15/h2-7H,8H2,1H3. The fourth-order valence-corrected chi connectivity index (χ4v) is 1.12. The summed E-state index contributed by atoms with van der Waals surface area (Å²) in [5.41, 5.74) is 1.41. The molecular formula is C11H11NO4. The Morgan fingerprint density at radius 3 is 2.56 bits per heavy atom. The Balaban J connectivity index is 2.68. The molecule has 16 heavy (non-hydrogen) atoms. The van der Waals surface area contributed by atoms with Crippen LogP contribution in [0, 0.1) is 10.1 Å². The number of ether oxygens (including phenoxy) is 1. The minimum Gasteiger partial charge on any atom is -0.466 e. The first-order valence-corrected chi connectivity index (χ1v) is 4.58. The predicted octanol–water partition coefficient (Wildman–Crippen LogP) is 1.65. The highest BCUT2D eigenvalue weighted by atomic mass is 16.6. The lowest BCUT2D eigenvalue weighted by Crippen LogP contribution is -1.97. The van der Waals surface area contributed by atoms with Crippen LogP contribution in [0.5, 0.6) is 0 Å². The van der Waals surface area contributed by atoms with E-state index in [2.05, 4.69) is 4.74 Å². The van der Waals surface area contributed by atoms with E-state index in [9.17, 15) is 14.9 Å². The summed E-state index contributed by atoms with van der Waals surface area (Å²) in [7, 11) is 1.30. The summed E-state index contributed by atoms with van der Waals surface area (Å²) in [5, 5.41) is 10.2. The van der Waals surface area contributed by atoms with Crippen LogP contribution in [0.1, 0.15) is 11.1 Å². The van der Waals surface area contributed by atoms with Crippen LogP contribution in [0.3, 0.4) is 0 Å². The van der Waals surface area contributed by atoms with Crippen molar-refractivity contribution in [2.24, 2.45) is 0 Å². The van der Waals surface area contributed by atoms with Gasteiger partial charge in [0, 0.05) is 16.6 Å². The monoisotopic (exact) mass is 221 g/mol. The van der Waals surface area contributed by atoms with Crippen LogP contribution >= 0.6 is 0 Å². The summed E-state index contributed by atoms with van der Waals surface area (Å²) in [4.78, 5) is 20.6. The molecule has 0 saturated heterocycles. The van der Waals surface area contributed by atoms with E-state index in [0.29, 0.717) is 5.56 Å². The molecule has 0 aromatic heterocycles. The maximum atomic E-state index is 10.8. The Morgan fingerprint density at radius 2 is 2.06 bits per heavy atom. The van der Waals surface area contributed by atoms with Crippen molar-refractivity contribution in [1.29, 1.82) is 0 Å². The lowest BCUT2D eigenvalue weighted by atomic mass is 10.1. The van der Waals surface area contributed by atoms with Gasteiger partial charge < -0.3 is 4.74 Å². The molecule has 0 aliphatic heterocycles. The first kappa shape index (κ1) is 11.9. The average Bonchev–Trinajstić information content (AvgIpc) is 2.27. The fourth-order valence-electron chi connectivity index (χ4n) is 1.12. The largest absolute Gasteiger partial charge is 0.466 e. The highest BCUT2D eigenvalue weighted by Gasteiger charge is 2.00. The van der Waals surface area contributed by atoms with Gasteiger partial charge >= 0.3 is 5.97 Å². The first-order chi connectivity index (χ1) is 7.61. The maximum absolute atomic E-state index is 10.8. The van der Waals surface area contributed by atoms with Gasteiger partial charge in [0.2, 0.25) is 6.54 Å². The molecule has 1 aromatic carbocycles. The van der Waals surface area contributed by atoms with Crippen molar-refractivity contribution in [2.75, 3.05) is 7.11 Å². The zero-order valence-corrected chi connectivity index (χ0v) is 8.75. The second-order valence-corrected chi connectivity index (χ2v) is 3.09. The first-order valence-electron chi connectivity index (χ1n) is 4.58. The summed E-state index contributed by atoms with van der Waals surface area (Å²) in [6, 6.07) is 6.72. The number of carbonyl (C=O) groups excluding carboxylic acids is 1. The van der Waals surface area contributed by atoms with Gasteiger partial charge in [-0.15, -0.1) is 0 Å². The van der Waals surface area contributed by atoms with Crippen LogP contribution in [-0.2, 0) is 16.1 Å². The Hall–Kier alpha value is -2.17. The van der Waals surface area contributed by atoms with Crippen molar-refractivity contribution in [3.63, 3.8) is 0 Å². The number of nitro groups is 1. The van der Waals surface area contributed by atoms with Crippen molar-refractivity contribution in [2.45, 2.75) is 6.54 Å². The van der Waals surface area contributed by atoms with Crippen LogP contribution < -0.4 is 0 Å². The maximum Gasteiger partial charge on any atom is 0.330 e. The minimum atomic E-state index is -0.436. The van der Waals surface area contributed by atoms with E-state index in [1.165, 1.54) is 13.2 Å². The van der Waals surface area contributed by atoms with Gasteiger partial charge in [-0.3, -0.25) is 10.1 Å². The van der Waals surface area contributed by atoms with Crippen molar-refractivity contribution in [3.8, 4) is 0 Å². The van der Waals surface area contributed by atoms with E-state index in [0.717, 1.165) is 5.56 Å². The van der Waals surface area contributed by atoms with Gasteiger partial charge in [0.1, 0.15) is 0 Å². The number of nitrogens with zero attached hydrogens (tertiary/aromatic N) is 1. The van der Waals surface area contributed by atoms with E-state index >= 15 is 0 Å². The van der Waals surface area contributed by atoms with Crippen LogP contribution in [0.25, 0.3) is 6.08 Å². The number of esters is 1. The average molecular weight is 221 g/mol. The highest BCUT2D eigenvalue weighted by molar-refractivity contribution is 5.86. The van der Waals surface area contributed by atoms with E-state index in [-0.39, 0.29) is 11.5 Å². The number of carbonyl (C=O) groups is 1. The Labute approximate surface area is 92.5 Å². The fraction of sp³-hybridized carbons (Fsp3) is 0.182. The summed E-state index contributed by atoms with van der Waals surface area (Å²) in [6.45, 7) is -0.193. The third-order valence-electron chi connectivity index (χ3n) is 1.90. The molecule has 0 heterocycles. The smallest absolute Gasteiger partial charge is 0.330 e. The zero-order valence-electron chi connectivity index (χ0n) is 8.75. The van der Waals surface area contributed by atoms with Gasteiger partial charge in [-0.2, -0.15) is 0 Å². The number of hydrogen-bond acceptors (Lipinski definition) is 4. The highest BCUT2D eigenvalue weighted by Crippen LogP contribution is 2.07. The zero-order chi connectivity index (χ0) is 12.0. The van der Waals surface area contributed by atoms with Crippen molar-refractivity contribution >= 4 is 12.0 Å².